The smallest absolute Gasteiger partial charge is 0.374 e. The molecule has 0 aliphatic carbocycles. The molecule has 1 aromatic rings. The van der Waals surface area contributed by atoms with Crippen LogP contribution in [0.25, 0.3) is 5.57 Å². The predicted octanol–water partition coefficient (Wildman–Crippen LogP) is 2.60. The lowest BCUT2D eigenvalue weighted by atomic mass is 10.0. The summed E-state index contributed by atoms with van der Waals surface area (Å²) < 4.78 is 4.65. The van der Waals surface area contributed by atoms with E-state index >= 15 is 0 Å². The number of ether oxygens (including phenoxy) is 1. The Morgan fingerprint density at radius 3 is 2.39 bits per heavy atom. The second kappa shape index (κ2) is 6.45. The molecule has 0 aliphatic rings. The molecule has 18 heavy (non-hydrogen) atoms. The molecule has 0 aliphatic heterocycles. The van der Waals surface area contributed by atoms with Gasteiger partial charge in [0.1, 0.15) is 11.6 Å². The highest BCUT2D eigenvalue weighted by molar-refractivity contribution is 5.98. The fourth-order valence-electron chi connectivity index (χ4n) is 1.46. The zero-order chi connectivity index (χ0) is 13.5. The van der Waals surface area contributed by atoms with Crippen LogP contribution in [0.2, 0.25) is 0 Å². The summed E-state index contributed by atoms with van der Waals surface area (Å²) in [5.74, 6) is -1.53. The minimum Gasteiger partial charge on any atom is -0.501 e. The Kier molecular flexibility index (Phi) is 4.94. The fourth-order valence-corrected chi connectivity index (χ4v) is 1.46. The van der Waals surface area contributed by atoms with Gasteiger partial charge in [0.15, 0.2) is 0 Å². The van der Waals surface area contributed by atoms with Gasteiger partial charge in [-0.05, 0) is 24.5 Å². The van der Waals surface area contributed by atoms with Gasteiger partial charge in [0.25, 0.3) is 0 Å². The minimum atomic E-state index is -0.881. The van der Waals surface area contributed by atoms with E-state index < -0.39 is 11.7 Å². The molecule has 0 saturated carbocycles. The lowest BCUT2D eigenvalue weighted by Crippen LogP contribution is -2.09. The van der Waals surface area contributed by atoms with Crippen molar-refractivity contribution in [2.45, 2.75) is 20.3 Å². The van der Waals surface area contributed by atoms with E-state index in [0.29, 0.717) is 5.56 Å². The first kappa shape index (κ1) is 13.8. The van der Waals surface area contributed by atoms with E-state index in [0.717, 1.165) is 12.0 Å². The second-order valence-electron chi connectivity index (χ2n) is 3.61. The molecule has 0 spiro atoms. The van der Waals surface area contributed by atoms with E-state index in [4.69, 9.17) is 5.26 Å². The molecule has 1 aromatic carbocycles. The molecule has 0 aromatic heterocycles. The lowest BCUT2D eigenvalue weighted by molar-refractivity contribution is -0.141. The largest absolute Gasteiger partial charge is 0.501 e. The molecule has 94 valence electrons. The molecule has 0 amide bonds. The van der Waals surface area contributed by atoms with Crippen LogP contribution in [0.1, 0.15) is 25.0 Å². The summed E-state index contributed by atoms with van der Waals surface area (Å²) in [5.41, 5.74) is 1.54. The lowest BCUT2D eigenvalue weighted by Gasteiger charge is -2.05. The van der Waals surface area contributed by atoms with Crippen LogP contribution in [-0.4, -0.2) is 17.7 Å². The van der Waals surface area contributed by atoms with Gasteiger partial charge < -0.3 is 9.84 Å². The van der Waals surface area contributed by atoms with Gasteiger partial charge in [0.2, 0.25) is 5.76 Å². The van der Waals surface area contributed by atoms with Crippen LogP contribution in [0, 0.1) is 11.3 Å². The first-order valence-corrected chi connectivity index (χ1v) is 5.73. The topological polar surface area (TPSA) is 70.3 Å². The average Bonchev–Trinajstić information content (AvgIpc) is 2.40. The molecule has 0 saturated heterocycles. The Labute approximate surface area is 106 Å². The van der Waals surface area contributed by atoms with Gasteiger partial charge in [-0.25, -0.2) is 4.79 Å². The summed E-state index contributed by atoms with van der Waals surface area (Å²) in [6.07, 6.45) is 0.885. The number of carbonyl (C=O) groups excluding carboxylic acids is 1. The fraction of sp³-hybridized carbons (Fsp3) is 0.286. The molecule has 0 atom stereocenters. The highest BCUT2D eigenvalue weighted by atomic mass is 16.5. The van der Waals surface area contributed by atoms with Gasteiger partial charge >= 0.3 is 5.97 Å². The zero-order valence-corrected chi connectivity index (χ0v) is 10.4. The summed E-state index contributed by atoms with van der Waals surface area (Å²) >= 11 is 0. The van der Waals surface area contributed by atoms with Gasteiger partial charge in [0, 0.05) is 0 Å². The standard InChI is InChI=1S/C14H15NO3/c1-3-10-5-7-11(8-6-10)12(9-15)13(16)14(17)18-4-2/h5-8,16H,3-4H2,1-2H3. The van der Waals surface area contributed by atoms with Gasteiger partial charge in [-0.1, -0.05) is 31.2 Å². The summed E-state index contributed by atoms with van der Waals surface area (Å²) in [6, 6.07) is 8.93. The number of aryl methyl sites for hydroxylation is 1. The van der Waals surface area contributed by atoms with Crippen LogP contribution >= 0.6 is 0 Å². The highest BCUT2D eigenvalue weighted by Gasteiger charge is 2.16. The van der Waals surface area contributed by atoms with Crippen molar-refractivity contribution in [1.82, 2.24) is 0 Å². The van der Waals surface area contributed by atoms with E-state index in [-0.39, 0.29) is 12.2 Å². The van der Waals surface area contributed by atoms with Crippen LogP contribution in [-0.2, 0) is 16.0 Å². The monoisotopic (exact) mass is 245 g/mol. The number of benzene rings is 1. The number of nitriles is 1. The molecule has 0 radical (unpaired) electrons. The van der Waals surface area contributed by atoms with E-state index in [1.54, 1.807) is 19.1 Å². The van der Waals surface area contributed by atoms with Crippen molar-refractivity contribution in [3.63, 3.8) is 0 Å². The highest BCUT2D eigenvalue weighted by Crippen LogP contribution is 2.18. The molecule has 0 heterocycles. The van der Waals surface area contributed by atoms with Gasteiger partial charge in [0.05, 0.1) is 6.61 Å². The van der Waals surface area contributed by atoms with Crippen LogP contribution in [0.5, 0.6) is 0 Å². The summed E-state index contributed by atoms with van der Waals surface area (Å²) in [4.78, 5) is 11.4. The molecule has 1 N–H and O–H groups in total. The van der Waals surface area contributed by atoms with Crippen molar-refractivity contribution in [3.8, 4) is 6.07 Å². The van der Waals surface area contributed by atoms with Crippen LogP contribution in [0.4, 0.5) is 0 Å². The maximum Gasteiger partial charge on any atom is 0.374 e. The molecular weight excluding hydrogens is 230 g/mol. The number of hydrogen-bond donors (Lipinski definition) is 1. The van der Waals surface area contributed by atoms with E-state index in [9.17, 15) is 9.90 Å². The molecule has 1 rings (SSSR count). The number of aliphatic hydroxyl groups is 1. The quantitative estimate of drug-likeness (QED) is 0.383. The minimum absolute atomic E-state index is 0.0731. The molecule has 0 unspecified atom stereocenters. The number of carbonyl (C=O) groups is 1. The normalized spacial score (nSPS) is 11.4. The predicted molar refractivity (Wildman–Crippen MR) is 67.6 cm³/mol. The van der Waals surface area contributed by atoms with Gasteiger partial charge in [-0.2, -0.15) is 5.26 Å². The van der Waals surface area contributed by atoms with Crippen molar-refractivity contribution in [3.05, 3.63) is 41.2 Å². The van der Waals surface area contributed by atoms with E-state index in [1.807, 2.05) is 25.1 Å². The van der Waals surface area contributed by atoms with Crippen LogP contribution in [0.15, 0.2) is 30.0 Å². The summed E-state index contributed by atoms with van der Waals surface area (Å²) in [5, 5.41) is 18.7. The number of aliphatic hydroxyl groups excluding tert-OH is 1. The first-order valence-electron chi connectivity index (χ1n) is 5.73. The van der Waals surface area contributed by atoms with Crippen molar-refractivity contribution < 1.29 is 14.6 Å². The number of hydrogen-bond acceptors (Lipinski definition) is 4. The number of rotatable bonds is 4. The summed E-state index contributed by atoms with van der Waals surface area (Å²) in [7, 11) is 0. The molecule has 0 bridgehead atoms. The first-order chi connectivity index (χ1) is 8.63. The number of nitrogens with zero attached hydrogens (tertiary/aromatic N) is 1. The third-order valence-corrected chi connectivity index (χ3v) is 2.47. The van der Waals surface area contributed by atoms with Crippen molar-refractivity contribution in [2.75, 3.05) is 6.61 Å². The third kappa shape index (κ3) is 3.11. The van der Waals surface area contributed by atoms with Gasteiger partial charge in [-0.15, -0.1) is 0 Å². The summed E-state index contributed by atoms with van der Waals surface area (Å²) in [6.45, 7) is 3.80. The Morgan fingerprint density at radius 1 is 1.33 bits per heavy atom. The average molecular weight is 245 g/mol. The number of esters is 1. The Morgan fingerprint density at radius 2 is 1.94 bits per heavy atom. The van der Waals surface area contributed by atoms with Crippen molar-refractivity contribution >= 4 is 11.5 Å². The SMILES string of the molecule is CCOC(=O)C(O)=C(C#N)c1ccc(CC)cc1. The van der Waals surface area contributed by atoms with E-state index in [1.165, 1.54) is 0 Å². The molecule has 4 heteroatoms. The zero-order valence-electron chi connectivity index (χ0n) is 10.4. The van der Waals surface area contributed by atoms with Crippen LogP contribution < -0.4 is 0 Å². The maximum atomic E-state index is 11.4. The maximum absolute atomic E-state index is 11.4. The molecular formula is C14H15NO3. The number of allylic oxidation sites excluding steroid dienone is 1. The van der Waals surface area contributed by atoms with Crippen molar-refractivity contribution in [1.29, 1.82) is 5.26 Å². The molecule has 0 fully saturated rings. The van der Waals surface area contributed by atoms with Gasteiger partial charge in [-0.3, -0.25) is 0 Å². The Bertz CT molecular complexity index is 495. The third-order valence-electron chi connectivity index (χ3n) is 2.47. The Hall–Kier alpha value is -2.28. The second-order valence-corrected chi connectivity index (χ2v) is 3.61. The molecule has 4 nitrogen and oxygen atoms in total. The van der Waals surface area contributed by atoms with Crippen molar-refractivity contribution in [2.24, 2.45) is 0 Å². The van der Waals surface area contributed by atoms with Crippen LogP contribution in [0.3, 0.4) is 0 Å². The Balaban J connectivity index is 3.12. The van der Waals surface area contributed by atoms with E-state index in [2.05, 4.69) is 4.74 Å².